The van der Waals surface area contributed by atoms with Crippen LogP contribution in [0.15, 0.2) is 30.6 Å². The average molecular weight is 561 g/mol. The molecule has 1 saturated heterocycles. The number of sulfonamides is 1. The van der Waals surface area contributed by atoms with E-state index in [1.165, 1.54) is 20.4 Å². The molecule has 4 rings (SSSR count). The molecule has 39 heavy (non-hydrogen) atoms. The molecular weight excluding hydrogens is 524 g/mol. The van der Waals surface area contributed by atoms with Crippen LogP contribution < -0.4 is 14.2 Å². The summed E-state index contributed by atoms with van der Waals surface area (Å²) in [6.07, 6.45) is 3.66. The number of aryl methyl sites for hydroxylation is 1. The maximum atomic E-state index is 13.8. The quantitative estimate of drug-likeness (QED) is 0.370. The molecule has 13 heteroatoms. The Labute approximate surface area is 229 Å². The highest BCUT2D eigenvalue weighted by atomic mass is 32.2. The number of anilines is 1. The first-order valence-corrected chi connectivity index (χ1v) is 14.4. The van der Waals surface area contributed by atoms with Crippen LogP contribution in [0.3, 0.4) is 0 Å². The predicted molar refractivity (Wildman–Crippen MR) is 145 cm³/mol. The van der Waals surface area contributed by atoms with E-state index in [0.717, 1.165) is 12.8 Å². The van der Waals surface area contributed by atoms with Crippen LogP contribution in [-0.4, -0.2) is 71.9 Å². The van der Waals surface area contributed by atoms with Crippen LogP contribution in [0.5, 0.6) is 11.5 Å². The van der Waals surface area contributed by atoms with Crippen LogP contribution in [0.1, 0.15) is 62.8 Å². The summed E-state index contributed by atoms with van der Waals surface area (Å²) in [5.74, 6) is 1.38. The molecule has 0 saturated carbocycles. The van der Waals surface area contributed by atoms with Crippen molar-refractivity contribution in [3.63, 3.8) is 0 Å². The standard InChI is InChI=1S/C26H36N6O6S/c1-16(2)38-24(20-14-27-17(3)13-28-20)18(4)39(33,34)31-26-30-29-25(19-9-8-12-37-15-19)32(26)23-21(35-5)10-7-11-22(23)36-6/h7,10-11,13-14,16,18-19,24H,8-9,12,15H2,1-6H3,(H,30,31)/t18?,19-,24?/m0/s1. The van der Waals surface area contributed by atoms with Crippen LogP contribution in [-0.2, 0) is 19.5 Å². The van der Waals surface area contributed by atoms with E-state index in [4.69, 9.17) is 18.9 Å². The van der Waals surface area contributed by atoms with Crippen molar-refractivity contribution in [1.82, 2.24) is 24.7 Å². The Hall–Kier alpha value is -3.29. The SMILES string of the molecule is COc1cccc(OC)c1-n1c(NS(=O)(=O)C(C)C(OC(C)C)c2cnc(C)cn2)nnc1[C@H]1CCCOC1. The first-order valence-electron chi connectivity index (χ1n) is 12.9. The van der Waals surface area contributed by atoms with Crippen molar-refractivity contribution in [2.24, 2.45) is 0 Å². The second-order valence-electron chi connectivity index (χ2n) is 9.68. The van der Waals surface area contributed by atoms with Gasteiger partial charge in [0.1, 0.15) is 34.4 Å². The van der Waals surface area contributed by atoms with Crippen molar-refractivity contribution in [3.05, 3.63) is 47.8 Å². The molecule has 1 aromatic carbocycles. The Kier molecular flexibility index (Phi) is 9.03. The van der Waals surface area contributed by atoms with Crippen LogP contribution >= 0.6 is 0 Å². The van der Waals surface area contributed by atoms with E-state index in [2.05, 4.69) is 24.9 Å². The van der Waals surface area contributed by atoms with Gasteiger partial charge in [-0.1, -0.05) is 6.07 Å². The van der Waals surface area contributed by atoms with Gasteiger partial charge in [-0.2, -0.15) is 0 Å². The summed E-state index contributed by atoms with van der Waals surface area (Å²) < 4.78 is 55.0. The lowest BCUT2D eigenvalue weighted by molar-refractivity contribution is 0.00394. The molecule has 0 radical (unpaired) electrons. The van der Waals surface area contributed by atoms with Gasteiger partial charge in [0.05, 0.1) is 44.5 Å². The predicted octanol–water partition coefficient (Wildman–Crippen LogP) is 3.57. The van der Waals surface area contributed by atoms with Gasteiger partial charge in [-0.15, -0.1) is 10.2 Å². The summed E-state index contributed by atoms with van der Waals surface area (Å²) in [7, 11) is -1.01. The molecule has 0 bridgehead atoms. The third-order valence-electron chi connectivity index (χ3n) is 6.50. The Bertz CT molecular complexity index is 1330. The molecule has 1 fully saturated rings. The Balaban J connectivity index is 1.79. The first-order chi connectivity index (χ1) is 18.7. The van der Waals surface area contributed by atoms with Crippen molar-refractivity contribution < 1.29 is 27.4 Å². The van der Waals surface area contributed by atoms with E-state index in [0.29, 0.717) is 47.6 Å². The maximum Gasteiger partial charge on any atom is 0.243 e. The van der Waals surface area contributed by atoms with Gasteiger partial charge in [-0.3, -0.25) is 19.3 Å². The first kappa shape index (κ1) is 28.7. The van der Waals surface area contributed by atoms with Crippen molar-refractivity contribution in [1.29, 1.82) is 0 Å². The van der Waals surface area contributed by atoms with E-state index in [1.807, 2.05) is 20.8 Å². The third-order valence-corrected chi connectivity index (χ3v) is 8.19. The van der Waals surface area contributed by atoms with E-state index in [1.54, 1.807) is 35.9 Å². The maximum absolute atomic E-state index is 13.8. The van der Waals surface area contributed by atoms with E-state index in [9.17, 15) is 8.42 Å². The van der Waals surface area contributed by atoms with Gasteiger partial charge in [-0.05, 0) is 52.7 Å². The lowest BCUT2D eigenvalue weighted by Crippen LogP contribution is -2.34. The largest absolute Gasteiger partial charge is 0.494 e. The molecule has 1 N–H and O–H groups in total. The Morgan fingerprint density at radius 3 is 2.36 bits per heavy atom. The zero-order chi connectivity index (χ0) is 28.2. The van der Waals surface area contributed by atoms with Crippen LogP contribution in [0, 0.1) is 6.92 Å². The number of rotatable bonds is 11. The molecule has 212 valence electrons. The Morgan fingerprint density at radius 1 is 1.08 bits per heavy atom. The van der Waals surface area contributed by atoms with Crippen LogP contribution in [0.25, 0.3) is 5.69 Å². The number of ether oxygens (including phenoxy) is 4. The number of nitrogens with one attached hydrogen (secondary N) is 1. The van der Waals surface area contributed by atoms with Crippen LogP contribution in [0.2, 0.25) is 0 Å². The van der Waals surface area contributed by atoms with E-state index in [-0.39, 0.29) is 18.0 Å². The summed E-state index contributed by atoms with van der Waals surface area (Å²) in [6, 6.07) is 5.32. The van der Waals surface area contributed by atoms with Gasteiger partial charge in [0.2, 0.25) is 16.0 Å². The van der Waals surface area contributed by atoms with Crippen LogP contribution in [0.4, 0.5) is 5.95 Å². The topological polar surface area (TPSA) is 140 Å². The lowest BCUT2D eigenvalue weighted by atomic mass is 10.0. The van der Waals surface area contributed by atoms with Crippen molar-refractivity contribution in [2.75, 3.05) is 32.2 Å². The monoisotopic (exact) mass is 560 g/mol. The molecule has 3 aromatic rings. The van der Waals surface area contributed by atoms with E-state index < -0.39 is 21.4 Å². The van der Waals surface area contributed by atoms with Gasteiger partial charge in [0.15, 0.2) is 0 Å². The lowest BCUT2D eigenvalue weighted by Gasteiger charge is -2.27. The zero-order valence-corrected chi connectivity index (χ0v) is 23.9. The molecule has 1 aliphatic heterocycles. The fourth-order valence-electron chi connectivity index (χ4n) is 4.49. The van der Waals surface area contributed by atoms with Gasteiger partial charge >= 0.3 is 0 Å². The molecule has 0 aliphatic carbocycles. The van der Waals surface area contributed by atoms with Crippen molar-refractivity contribution in [3.8, 4) is 17.2 Å². The summed E-state index contributed by atoms with van der Waals surface area (Å²) >= 11 is 0. The molecule has 0 amide bonds. The highest BCUT2D eigenvalue weighted by Crippen LogP contribution is 2.38. The second-order valence-corrected chi connectivity index (χ2v) is 11.7. The number of nitrogens with zero attached hydrogens (tertiary/aromatic N) is 5. The summed E-state index contributed by atoms with van der Waals surface area (Å²) in [5, 5.41) is 7.64. The van der Waals surface area contributed by atoms with Gasteiger partial charge in [-0.25, -0.2) is 8.42 Å². The second kappa shape index (κ2) is 12.3. The van der Waals surface area contributed by atoms with Crippen molar-refractivity contribution >= 4 is 16.0 Å². The molecule has 2 aromatic heterocycles. The molecule has 0 spiro atoms. The van der Waals surface area contributed by atoms with Gasteiger partial charge in [0.25, 0.3) is 0 Å². The number of methoxy groups -OCH3 is 2. The Morgan fingerprint density at radius 2 is 1.79 bits per heavy atom. The minimum Gasteiger partial charge on any atom is -0.494 e. The molecular formula is C26H36N6O6S. The third kappa shape index (κ3) is 6.31. The summed E-state index contributed by atoms with van der Waals surface area (Å²) in [6.45, 7) is 8.16. The number of aromatic nitrogens is 5. The number of hydrogen-bond donors (Lipinski definition) is 1. The molecule has 3 heterocycles. The molecule has 2 unspecified atom stereocenters. The highest BCUT2D eigenvalue weighted by molar-refractivity contribution is 7.93. The normalized spacial score (nSPS) is 17.6. The smallest absolute Gasteiger partial charge is 0.243 e. The molecule has 3 atom stereocenters. The van der Waals surface area contributed by atoms with E-state index >= 15 is 0 Å². The minimum atomic E-state index is -4.08. The zero-order valence-electron chi connectivity index (χ0n) is 23.1. The molecule has 12 nitrogen and oxygen atoms in total. The minimum absolute atomic E-state index is 0.00325. The van der Waals surface area contributed by atoms with Gasteiger partial charge in [0, 0.05) is 18.7 Å². The fraction of sp³-hybridized carbons (Fsp3) is 0.538. The number of para-hydroxylation sites is 1. The number of hydrogen-bond acceptors (Lipinski definition) is 10. The fourth-order valence-corrected chi connectivity index (χ4v) is 5.59. The highest BCUT2D eigenvalue weighted by Gasteiger charge is 2.36. The van der Waals surface area contributed by atoms with Crippen molar-refractivity contribution in [2.45, 2.75) is 63.9 Å². The van der Waals surface area contributed by atoms with Gasteiger partial charge < -0.3 is 18.9 Å². The summed E-state index contributed by atoms with van der Waals surface area (Å²) in [4.78, 5) is 8.67. The molecule has 1 aliphatic rings. The number of benzene rings is 1. The summed E-state index contributed by atoms with van der Waals surface area (Å²) in [5.41, 5.74) is 1.62. The average Bonchev–Trinajstić information content (AvgIpc) is 3.33.